The van der Waals surface area contributed by atoms with Gasteiger partial charge in [0.15, 0.2) is 0 Å². The van der Waals surface area contributed by atoms with Crippen LogP contribution in [0.2, 0.25) is 0 Å². The molecule has 28 heavy (non-hydrogen) atoms. The zero-order chi connectivity index (χ0) is 20.5. The molecule has 1 saturated carbocycles. The summed E-state index contributed by atoms with van der Waals surface area (Å²) in [5.74, 6) is -0.158. The number of alkyl halides is 6. The van der Waals surface area contributed by atoms with Gasteiger partial charge in [-0.1, -0.05) is 30.3 Å². The highest BCUT2D eigenvalue weighted by atomic mass is 19.4. The van der Waals surface area contributed by atoms with Crippen molar-refractivity contribution in [3.8, 4) is 0 Å². The van der Waals surface area contributed by atoms with Crippen molar-refractivity contribution < 1.29 is 31.1 Å². The van der Waals surface area contributed by atoms with E-state index in [0.717, 1.165) is 5.56 Å². The Labute approximate surface area is 158 Å². The minimum absolute atomic E-state index is 0.113. The molecule has 0 spiro atoms. The lowest BCUT2D eigenvalue weighted by Crippen LogP contribution is -2.29. The number of hydrogen-bond acceptors (Lipinski definition) is 2. The van der Waals surface area contributed by atoms with Crippen molar-refractivity contribution in [3.05, 3.63) is 70.8 Å². The molecule has 0 bridgehead atoms. The number of halogens is 6. The smallest absolute Gasteiger partial charge is 0.373 e. The Balaban J connectivity index is 1.82. The number of rotatable bonds is 4. The van der Waals surface area contributed by atoms with E-state index in [0.29, 0.717) is 25.0 Å². The van der Waals surface area contributed by atoms with Gasteiger partial charge in [0.2, 0.25) is 0 Å². The van der Waals surface area contributed by atoms with Crippen molar-refractivity contribution in [2.75, 3.05) is 0 Å². The Morgan fingerprint density at radius 1 is 0.857 bits per heavy atom. The second-order valence-corrected chi connectivity index (χ2v) is 6.94. The number of hydrogen-bond donors (Lipinski definition) is 1. The van der Waals surface area contributed by atoms with E-state index in [1.54, 1.807) is 0 Å². The molecule has 0 saturated heterocycles. The van der Waals surface area contributed by atoms with Crippen molar-refractivity contribution in [2.45, 2.75) is 49.9 Å². The van der Waals surface area contributed by atoms with E-state index in [4.69, 9.17) is 10.5 Å². The van der Waals surface area contributed by atoms with Crippen LogP contribution in [0.3, 0.4) is 0 Å². The average molecular weight is 403 g/mol. The van der Waals surface area contributed by atoms with Gasteiger partial charge in [0.05, 0.1) is 23.8 Å². The van der Waals surface area contributed by atoms with Crippen LogP contribution in [0.1, 0.15) is 41.0 Å². The molecule has 1 aliphatic rings. The third kappa shape index (κ3) is 4.67. The quantitative estimate of drug-likeness (QED) is 0.683. The standard InChI is InChI=1S/C20H19F6NO/c21-19(22,23)14-8-12(9-15(10-14)20(24,25)26)11-28-17-7-6-16(27)18(17)13-4-2-1-3-5-13/h1-5,8-10,16-18H,6-7,11,27H2/t16-,17-,18+/m0/s1. The van der Waals surface area contributed by atoms with E-state index in [9.17, 15) is 26.3 Å². The van der Waals surface area contributed by atoms with Crippen molar-refractivity contribution in [1.29, 1.82) is 0 Å². The molecule has 2 aromatic carbocycles. The maximum Gasteiger partial charge on any atom is 0.416 e. The number of benzene rings is 2. The van der Waals surface area contributed by atoms with Gasteiger partial charge in [-0.05, 0) is 42.2 Å². The fourth-order valence-electron chi connectivity index (χ4n) is 3.62. The third-order valence-electron chi connectivity index (χ3n) is 4.94. The fourth-order valence-corrected chi connectivity index (χ4v) is 3.62. The van der Waals surface area contributed by atoms with Gasteiger partial charge in [-0.15, -0.1) is 0 Å². The number of nitrogens with two attached hydrogens (primary N) is 1. The maximum atomic E-state index is 13.0. The first-order valence-corrected chi connectivity index (χ1v) is 8.76. The van der Waals surface area contributed by atoms with E-state index in [-0.39, 0.29) is 36.3 Å². The summed E-state index contributed by atoms with van der Waals surface area (Å²) < 4.78 is 83.7. The molecule has 3 rings (SSSR count). The normalized spacial score (nSPS) is 23.2. The van der Waals surface area contributed by atoms with Crippen molar-refractivity contribution in [2.24, 2.45) is 5.73 Å². The molecule has 2 aromatic rings. The van der Waals surface area contributed by atoms with Crippen LogP contribution in [0.15, 0.2) is 48.5 Å². The van der Waals surface area contributed by atoms with E-state index < -0.39 is 23.5 Å². The monoisotopic (exact) mass is 403 g/mol. The minimum Gasteiger partial charge on any atom is -0.373 e. The predicted molar refractivity (Wildman–Crippen MR) is 91.4 cm³/mol. The summed E-state index contributed by atoms with van der Waals surface area (Å²) in [5, 5.41) is 0. The molecule has 1 aliphatic carbocycles. The molecule has 2 nitrogen and oxygen atoms in total. The van der Waals surface area contributed by atoms with Gasteiger partial charge in [0, 0.05) is 12.0 Å². The zero-order valence-electron chi connectivity index (χ0n) is 14.7. The van der Waals surface area contributed by atoms with Crippen LogP contribution in [-0.2, 0) is 23.7 Å². The van der Waals surface area contributed by atoms with Crippen LogP contribution in [0.25, 0.3) is 0 Å². The molecule has 0 radical (unpaired) electrons. The molecule has 8 heteroatoms. The molecular formula is C20H19F6NO. The van der Waals surface area contributed by atoms with Gasteiger partial charge in [0.25, 0.3) is 0 Å². The van der Waals surface area contributed by atoms with Crippen LogP contribution >= 0.6 is 0 Å². The van der Waals surface area contributed by atoms with Crippen molar-refractivity contribution >= 4 is 0 Å². The summed E-state index contributed by atoms with van der Waals surface area (Å²) in [6, 6.07) is 10.6. The fraction of sp³-hybridized carbons (Fsp3) is 0.400. The highest BCUT2D eigenvalue weighted by molar-refractivity contribution is 5.33. The predicted octanol–water partition coefficient (Wildman–Crippen LogP) is 5.51. The Morgan fingerprint density at radius 3 is 1.96 bits per heavy atom. The van der Waals surface area contributed by atoms with Crippen LogP contribution in [0.5, 0.6) is 0 Å². The van der Waals surface area contributed by atoms with Crippen LogP contribution in [0.4, 0.5) is 26.3 Å². The summed E-state index contributed by atoms with van der Waals surface area (Å²) in [7, 11) is 0. The lowest BCUT2D eigenvalue weighted by molar-refractivity contribution is -0.143. The second kappa shape index (κ2) is 7.75. The highest BCUT2D eigenvalue weighted by Gasteiger charge is 2.38. The molecule has 3 atom stereocenters. The molecular weight excluding hydrogens is 384 g/mol. The molecule has 0 aliphatic heterocycles. The van der Waals surface area contributed by atoms with Crippen molar-refractivity contribution in [1.82, 2.24) is 0 Å². The summed E-state index contributed by atoms with van der Waals surface area (Å²) in [4.78, 5) is 0. The lowest BCUT2D eigenvalue weighted by atomic mass is 9.93. The summed E-state index contributed by atoms with van der Waals surface area (Å²) >= 11 is 0. The van der Waals surface area contributed by atoms with Gasteiger partial charge in [-0.2, -0.15) is 26.3 Å². The minimum atomic E-state index is -4.88. The van der Waals surface area contributed by atoms with Gasteiger partial charge < -0.3 is 10.5 Å². The second-order valence-electron chi connectivity index (χ2n) is 6.94. The summed E-state index contributed by atoms with van der Waals surface area (Å²) in [6.45, 7) is -0.353. The molecule has 152 valence electrons. The Bertz CT molecular complexity index is 770. The van der Waals surface area contributed by atoms with Gasteiger partial charge in [-0.3, -0.25) is 0 Å². The van der Waals surface area contributed by atoms with Crippen LogP contribution in [-0.4, -0.2) is 12.1 Å². The molecule has 0 aromatic heterocycles. The Morgan fingerprint density at radius 2 is 1.43 bits per heavy atom. The SMILES string of the molecule is N[C@H]1CC[C@H](OCc2cc(C(F)(F)F)cc(C(F)(F)F)c2)[C@@H]1c1ccccc1. The van der Waals surface area contributed by atoms with E-state index >= 15 is 0 Å². The molecule has 0 heterocycles. The lowest BCUT2D eigenvalue weighted by Gasteiger charge is -2.24. The first kappa shape index (κ1) is 20.7. The van der Waals surface area contributed by atoms with Gasteiger partial charge >= 0.3 is 12.4 Å². The first-order chi connectivity index (χ1) is 13.1. The maximum absolute atomic E-state index is 13.0. The molecule has 2 N–H and O–H groups in total. The van der Waals surface area contributed by atoms with E-state index in [2.05, 4.69) is 0 Å². The Hall–Kier alpha value is -2.06. The largest absolute Gasteiger partial charge is 0.416 e. The van der Waals surface area contributed by atoms with Crippen LogP contribution < -0.4 is 5.73 Å². The first-order valence-electron chi connectivity index (χ1n) is 8.76. The average Bonchev–Trinajstić information content (AvgIpc) is 2.99. The Kier molecular flexibility index (Phi) is 5.72. The van der Waals surface area contributed by atoms with Gasteiger partial charge in [0.1, 0.15) is 0 Å². The van der Waals surface area contributed by atoms with E-state index in [1.807, 2.05) is 30.3 Å². The topological polar surface area (TPSA) is 35.2 Å². The van der Waals surface area contributed by atoms with Gasteiger partial charge in [-0.25, -0.2) is 0 Å². The highest BCUT2D eigenvalue weighted by Crippen LogP contribution is 2.38. The summed E-state index contributed by atoms with van der Waals surface area (Å²) in [6.07, 6.45) is -8.87. The zero-order valence-corrected chi connectivity index (χ0v) is 14.7. The third-order valence-corrected chi connectivity index (χ3v) is 4.94. The molecule has 1 fully saturated rings. The summed E-state index contributed by atoms with van der Waals surface area (Å²) in [5.41, 5.74) is 4.24. The number of ether oxygens (including phenoxy) is 1. The van der Waals surface area contributed by atoms with Crippen LogP contribution in [0, 0.1) is 0 Å². The molecule has 0 amide bonds. The van der Waals surface area contributed by atoms with E-state index in [1.165, 1.54) is 0 Å². The van der Waals surface area contributed by atoms with Crippen molar-refractivity contribution in [3.63, 3.8) is 0 Å². The molecule has 0 unspecified atom stereocenters.